The number of hydrogen-bond donors (Lipinski definition) is 0. The Balaban J connectivity index is 1.44. The fourth-order valence-electron chi connectivity index (χ4n) is 5.62. The van der Waals surface area contributed by atoms with Crippen molar-refractivity contribution in [3.05, 3.63) is 90.5 Å². The monoisotopic (exact) mass is 485 g/mol. The minimum atomic E-state index is -0.776. The van der Waals surface area contributed by atoms with E-state index in [1.54, 1.807) is 0 Å². The van der Waals surface area contributed by atoms with Crippen molar-refractivity contribution in [2.45, 2.75) is 63.1 Å². The molecule has 2 fully saturated rings. The van der Waals surface area contributed by atoms with Crippen LogP contribution in [0.3, 0.4) is 0 Å². The van der Waals surface area contributed by atoms with Gasteiger partial charge in [-0.1, -0.05) is 97.8 Å². The zero-order chi connectivity index (χ0) is 23.9. The summed E-state index contributed by atoms with van der Waals surface area (Å²) in [7, 11) is -0.776. The average Bonchev–Trinajstić information content (AvgIpc) is 3.60. The highest BCUT2D eigenvalue weighted by molar-refractivity contribution is 7.79. The quantitative estimate of drug-likeness (QED) is 0.456. The molecule has 1 saturated carbocycles. The summed E-state index contributed by atoms with van der Waals surface area (Å²) in [4.78, 5) is 5.13. The molecule has 1 saturated heterocycles. The first-order valence-corrected chi connectivity index (χ1v) is 14.0. The summed E-state index contributed by atoms with van der Waals surface area (Å²) in [5, 5.41) is 3.91. The van der Waals surface area contributed by atoms with Crippen molar-refractivity contribution in [1.82, 2.24) is 0 Å². The second-order valence-electron chi connectivity index (χ2n) is 10.2. The van der Waals surface area contributed by atoms with Gasteiger partial charge in [0.15, 0.2) is 11.9 Å². The molecule has 0 unspecified atom stereocenters. The predicted octanol–water partition coefficient (Wildman–Crippen LogP) is 5.38. The van der Waals surface area contributed by atoms with Gasteiger partial charge >= 0.3 is 0 Å². The molecule has 0 amide bonds. The van der Waals surface area contributed by atoms with Crippen molar-refractivity contribution in [1.29, 1.82) is 0 Å². The van der Waals surface area contributed by atoms with E-state index < -0.39 is 13.7 Å². The molecule has 180 valence electrons. The molecule has 5 heteroatoms. The van der Waals surface area contributed by atoms with E-state index in [0.29, 0.717) is 12.5 Å². The summed E-state index contributed by atoms with van der Waals surface area (Å²) in [6, 6.07) is 30.3. The molecule has 3 aromatic carbocycles. The molecule has 4 nitrogen and oxygen atoms in total. The Morgan fingerprint density at radius 3 is 1.97 bits per heavy atom. The lowest BCUT2D eigenvalue weighted by atomic mass is 10.0. The average molecular weight is 486 g/mol. The fourth-order valence-corrected chi connectivity index (χ4v) is 8.11. The molecule has 1 aliphatic carbocycles. The van der Waals surface area contributed by atoms with Crippen molar-refractivity contribution >= 4 is 29.7 Å². The lowest BCUT2D eigenvalue weighted by Gasteiger charge is -2.26. The lowest BCUT2D eigenvalue weighted by molar-refractivity contribution is -0.143. The normalized spacial score (nSPS) is 24.6. The van der Waals surface area contributed by atoms with E-state index in [4.69, 9.17) is 19.2 Å². The van der Waals surface area contributed by atoms with Crippen molar-refractivity contribution in [2.24, 2.45) is 4.99 Å². The Morgan fingerprint density at radius 2 is 1.31 bits per heavy atom. The van der Waals surface area contributed by atoms with Crippen LogP contribution < -0.4 is 15.9 Å². The van der Waals surface area contributed by atoms with Gasteiger partial charge in [-0.15, -0.1) is 0 Å². The second-order valence-corrected chi connectivity index (χ2v) is 12.4. The van der Waals surface area contributed by atoms with Gasteiger partial charge in [-0.2, -0.15) is 0 Å². The molecule has 0 bridgehead atoms. The van der Waals surface area contributed by atoms with Crippen molar-refractivity contribution in [3.63, 3.8) is 0 Å². The van der Waals surface area contributed by atoms with E-state index in [1.807, 2.05) is 13.8 Å². The predicted molar refractivity (Wildman–Crippen MR) is 143 cm³/mol. The van der Waals surface area contributed by atoms with Crippen LogP contribution in [0.25, 0.3) is 0 Å². The summed E-state index contributed by atoms with van der Waals surface area (Å²) < 4.78 is 19.3. The molecule has 1 spiro atoms. The number of hydrogen-bond acceptors (Lipinski definition) is 4. The standard InChI is InChI=1S/C30H32NO3P/c1-29(2)33-26(27(34-29)28-31-30(21-32-28)19-11-12-20-30)24-17-9-10-18-25(24)35(22-13-5-3-6-14-22)23-15-7-4-8-16-23/h3-10,13-18,26-27H,11-12,19-21H2,1-2H3/t26-,27+/m1/s1. The highest BCUT2D eigenvalue weighted by atomic mass is 31.1. The Kier molecular flexibility index (Phi) is 6.00. The van der Waals surface area contributed by atoms with Gasteiger partial charge in [0.25, 0.3) is 0 Å². The maximum Gasteiger partial charge on any atom is 0.217 e. The number of aliphatic imine (C=N–C) groups is 1. The molecule has 2 aliphatic heterocycles. The molecule has 2 heterocycles. The van der Waals surface area contributed by atoms with Crippen molar-refractivity contribution in [3.8, 4) is 0 Å². The molecule has 6 rings (SSSR count). The Morgan fingerprint density at radius 1 is 0.743 bits per heavy atom. The zero-order valence-corrected chi connectivity index (χ0v) is 21.3. The van der Waals surface area contributed by atoms with Crippen LogP contribution in [0, 0.1) is 0 Å². The SMILES string of the molecule is CC1(C)O[C@H](C2=NC3(CCCC3)CO2)[C@@H](c2ccccc2P(c2ccccc2)c2ccccc2)O1. The van der Waals surface area contributed by atoms with Gasteiger partial charge < -0.3 is 14.2 Å². The van der Waals surface area contributed by atoms with E-state index in [1.165, 1.54) is 28.8 Å². The van der Waals surface area contributed by atoms with Crippen LogP contribution in [-0.4, -0.2) is 29.9 Å². The Hall–Kier alpha value is -2.52. The lowest BCUT2D eigenvalue weighted by Crippen LogP contribution is -2.31. The largest absolute Gasteiger partial charge is 0.476 e. The minimum Gasteiger partial charge on any atom is -0.476 e. The third-order valence-corrected chi connectivity index (χ3v) is 9.74. The van der Waals surface area contributed by atoms with Crippen LogP contribution in [0.15, 0.2) is 89.9 Å². The molecular weight excluding hydrogens is 453 g/mol. The molecule has 3 aliphatic rings. The summed E-state index contributed by atoms with van der Waals surface area (Å²) in [6.07, 6.45) is 4.00. The summed E-state index contributed by atoms with van der Waals surface area (Å²) >= 11 is 0. The van der Waals surface area contributed by atoms with Gasteiger partial charge in [0, 0.05) is 0 Å². The van der Waals surface area contributed by atoms with Crippen molar-refractivity contribution in [2.75, 3.05) is 6.61 Å². The van der Waals surface area contributed by atoms with E-state index in [2.05, 4.69) is 84.9 Å². The third kappa shape index (κ3) is 4.44. The first-order valence-electron chi connectivity index (χ1n) is 12.6. The maximum atomic E-state index is 6.60. The summed E-state index contributed by atoms with van der Waals surface area (Å²) in [6.45, 7) is 4.64. The van der Waals surface area contributed by atoms with Crippen LogP contribution >= 0.6 is 7.92 Å². The van der Waals surface area contributed by atoms with E-state index >= 15 is 0 Å². The molecule has 0 aromatic heterocycles. The zero-order valence-electron chi connectivity index (χ0n) is 20.4. The summed E-state index contributed by atoms with van der Waals surface area (Å²) in [5.74, 6) is -0.0109. The Bertz CT molecular complexity index is 1170. The van der Waals surface area contributed by atoms with Gasteiger partial charge in [0.1, 0.15) is 12.7 Å². The van der Waals surface area contributed by atoms with Crippen molar-refractivity contribution < 1.29 is 14.2 Å². The number of benzene rings is 3. The first kappa shape index (κ1) is 22.9. The second kappa shape index (κ2) is 9.17. The van der Waals surface area contributed by atoms with Gasteiger partial charge in [0.05, 0.1) is 5.54 Å². The molecular formula is C30H32NO3P. The summed E-state index contributed by atoms with van der Waals surface area (Å²) in [5.41, 5.74) is 1.09. The van der Waals surface area contributed by atoms with E-state index in [0.717, 1.165) is 18.4 Å². The highest BCUT2D eigenvalue weighted by Crippen LogP contribution is 2.45. The van der Waals surface area contributed by atoms with Crippen LogP contribution in [-0.2, 0) is 14.2 Å². The van der Waals surface area contributed by atoms with Gasteiger partial charge in [0.2, 0.25) is 5.90 Å². The number of nitrogens with zero attached hydrogens (tertiary/aromatic N) is 1. The third-order valence-electron chi connectivity index (χ3n) is 7.22. The topological polar surface area (TPSA) is 40.0 Å². The van der Waals surface area contributed by atoms with Crippen LogP contribution in [0.5, 0.6) is 0 Å². The van der Waals surface area contributed by atoms with Crippen LogP contribution in [0.1, 0.15) is 51.2 Å². The first-order chi connectivity index (χ1) is 17.0. The van der Waals surface area contributed by atoms with Crippen LogP contribution in [0.4, 0.5) is 0 Å². The molecule has 0 N–H and O–H groups in total. The minimum absolute atomic E-state index is 0.0593. The molecule has 0 radical (unpaired) electrons. The smallest absolute Gasteiger partial charge is 0.217 e. The number of ether oxygens (including phenoxy) is 3. The maximum absolute atomic E-state index is 6.60. The fraction of sp³-hybridized carbons (Fsp3) is 0.367. The highest BCUT2D eigenvalue weighted by Gasteiger charge is 2.50. The van der Waals surface area contributed by atoms with E-state index in [-0.39, 0.29) is 17.7 Å². The van der Waals surface area contributed by atoms with Gasteiger partial charge in [-0.25, -0.2) is 4.99 Å². The Labute approximate surface area is 209 Å². The molecule has 35 heavy (non-hydrogen) atoms. The number of rotatable bonds is 5. The molecule has 3 aromatic rings. The van der Waals surface area contributed by atoms with Crippen LogP contribution in [0.2, 0.25) is 0 Å². The van der Waals surface area contributed by atoms with E-state index in [9.17, 15) is 0 Å². The van der Waals surface area contributed by atoms with Gasteiger partial charge in [-0.05, 0) is 56.1 Å². The van der Waals surface area contributed by atoms with Gasteiger partial charge in [-0.3, -0.25) is 0 Å². The molecule has 2 atom stereocenters.